The van der Waals surface area contributed by atoms with Gasteiger partial charge < -0.3 is 5.11 Å². The molecule has 0 bridgehead atoms. The number of hydrogen-bond acceptors (Lipinski definition) is 3. The number of rotatable bonds is 2. The van der Waals surface area contributed by atoms with Gasteiger partial charge in [0.15, 0.2) is 5.78 Å². The van der Waals surface area contributed by atoms with Crippen molar-refractivity contribution in [1.29, 1.82) is 0 Å². The third-order valence-electron chi connectivity index (χ3n) is 6.28. The molecule has 1 N–H and O–H groups in total. The Labute approximate surface area is 148 Å². The van der Waals surface area contributed by atoms with Gasteiger partial charge in [0.05, 0.1) is 12.5 Å². The zero-order valence-corrected chi connectivity index (χ0v) is 14.8. The molecule has 0 spiro atoms. The summed E-state index contributed by atoms with van der Waals surface area (Å²) in [7, 11) is 2.00. The topological polar surface area (TPSA) is 55.1 Å². The second-order valence-electron chi connectivity index (χ2n) is 7.59. The van der Waals surface area contributed by atoms with E-state index in [0.717, 1.165) is 25.5 Å². The second-order valence-corrected chi connectivity index (χ2v) is 7.59. The number of aliphatic hydroxyl groups excluding tert-OH is 1. The quantitative estimate of drug-likeness (QED) is 0.674. The zero-order valence-electron chi connectivity index (χ0n) is 14.8. The number of aromatic nitrogens is 2. The first-order valence-electron chi connectivity index (χ1n) is 8.99. The molecule has 25 heavy (non-hydrogen) atoms. The van der Waals surface area contributed by atoms with E-state index in [9.17, 15) is 9.90 Å². The van der Waals surface area contributed by atoms with Gasteiger partial charge in [-0.15, -0.1) is 0 Å². The molecule has 3 atom stereocenters. The van der Waals surface area contributed by atoms with Crippen LogP contribution in [0.25, 0.3) is 0 Å². The van der Waals surface area contributed by atoms with Crippen LogP contribution in [0.15, 0.2) is 48.4 Å². The van der Waals surface area contributed by atoms with Crippen LogP contribution in [0.4, 0.5) is 0 Å². The fraction of sp³-hybridized carbons (Fsp3) is 0.429. The number of benzene rings is 1. The Morgan fingerprint density at radius 1 is 1.36 bits per heavy atom. The van der Waals surface area contributed by atoms with Crippen molar-refractivity contribution in [2.24, 2.45) is 18.9 Å². The summed E-state index contributed by atoms with van der Waals surface area (Å²) >= 11 is 0. The van der Waals surface area contributed by atoms with Crippen molar-refractivity contribution in [3.05, 3.63) is 65.2 Å². The smallest absolute Gasteiger partial charge is 0.165 e. The molecule has 0 amide bonds. The standard InChI is InChI=1S/C21H24N2O2/c1-14-18-9-8-16-12-22-23(2)20(16)21(18,11-17(13-24)19(14)25)10-15-6-4-3-5-7-15/h3-7,12-14,18,24H,8-11H2,1-2H3/b17-13-/t14-,18-,21-/m0/s1. The fourth-order valence-electron chi connectivity index (χ4n) is 5.26. The van der Waals surface area contributed by atoms with E-state index >= 15 is 0 Å². The van der Waals surface area contributed by atoms with Crippen molar-refractivity contribution < 1.29 is 9.90 Å². The van der Waals surface area contributed by atoms with E-state index in [1.165, 1.54) is 16.8 Å². The molecule has 1 heterocycles. The molecule has 0 saturated heterocycles. The second kappa shape index (κ2) is 5.87. The van der Waals surface area contributed by atoms with Crippen molar-refractivity contribution in [3.8, 4) is 0 Å². The predicted molar refractivity (Wildman–Crippen MR) is 96.3 cm³/mol. The molecule has 2 aromatic rings. The molecular weight excluding hydrogens is 312 g/mol. The van der Waals surface area contributed by atoms with Gasteiger partial charge in [0.25, 0.3) is 0 Å². The number of aryl methyl sites for hydroxylation is 2. The van der Waals surface area contributed by atoms with Gasteiger partial charge in [-0.2, -0.15) is 5.10 Å². The molecule has 130 valence electrons. The summed E-state index contributed by atoms with van der Waals surface area (Å²) in [5.41, 5.74) is 4.15. The summed E-state index contributed by atoms with van der Waals surface area (Å²) < 4.78 is 1.99. The maximum Gasteiger partial charge on any atom is 0.165 e. The van der Waals surface area contributed by atoms with Crippen LogP contribution in [0.5, 0.6) is 0 Å². The van der Waals surface area contributed by atoms with Crippen molar-refractivity contribution in [1.82, 2.24) is 9.78 Å². The molecule has 1 fully saturated rings. The van der Waals surface area contributed by atoms with Gasteiger partial charge in [0, 0.05) is 29.6 Å². The predicted octanol–water partition coefficient (Wildman–Crippen LogP) is 3.51. The largest absolute Gasteiger partial charge is 0.515 e. The number of nitrogens with zero attached hydrogens (tertiary/aromatic N) is 2. The third kappa shape index (κ3) is 2.35. The number of fused-ring (bicyclic) bond motifs is 3. The van der Waals surface area contributed by atoms with Gasteiger partial charge >= 0.3 is 0 Å². The molecule has 0 unspecified atom stereocenters. The highest BCUT2D eigenvalue weighted by molar-refractivity contribution is 5.98. The number of allylic oxidation sites excluding steroid dienone is 1. The monoisotopic (exact) mass is 336 g/mol. The Morgan fingerprint density at radius 2 is 2.12 bits per heavy atom. The van der Waals surface area contributed by atoms with Crippen molar-refractivity contribution in [2.75, 3.05) is 0 Å². The van der Waals surface area contributed by atoms with Crippen LogP contribution >= 0.6 is 0 Å². The summed E-state index contributed by atoms with van der Waals surface area (Å²) in [6.45, 7) is 2.02. The van der Waals surface area contributed by atoms with E-state index in [1.54, 1.807) is 0 Å². The highest BCUT2D eigenvalue weighted by Gasteiger charge is 2.54. The van der Waals surface area contributed by atoms with Crippen LogP contribution in [0.3, 0.4) is 0 Å². The fourth-order valence-corrected chi connectivity index (χ4v) is 5.26. The van der Waals surface area contributed by atoms with Crippen LogP contribution < -0.4 is 0 Å². The number of ketones is 1. The van der Waals surface area contributed by atoms with Gasteiger partial charge in [0.2, 0.25) is 0 Å². The van der Waals surface area contributed by atoms with E-state index in [0.29, 0.717) is 12.0 Å². The number of carbonyl (C=O) groups excluding carboxylic acids is 1. The summed E-state index contributed by atoms with van der Waals surface area (Å²) in [5, 5.41) is 14.2. The molecule has 4 heteroatoms. The molecule has 1 aromatic carbocycles. The number of aliphatic hydroxyl groups is 1. The van der Waals surface area contributed by atoms with Crippen LogP contribution in [0.1, 0.15) is 36.6 Å². The normalized spacial score (nSPS) is 30.2. The molecule has 4 nitrogen and oxygen atoms in total. The Kier molecular flexibility index (Phi) is 3.78. The summed E-state index contributed by atoms with van der Waals surface area (Å²) in [4.78, 5) is 12.7. The van der Waals surface area contributed by atoms with Gasteiger partial charge in [-0.3, -0.25) is 9.48 Å². The molecule has 0 aliphatic heterocycles. The van der Waals surface area contributed by atoms with E-state index in [4.69, 9.17) is 0 Å². The van der Waals surface area contributed by atoms with Crippen molar-refractivity contribution in [2.45, 2.75) is 38.0 Å². The van der Waals surface area contributed by atoms with E-state index in [1.807, 2.05) is 30.9 Å². The SMILES string of the molecule is C[C@@H]1C(=O)/C(=C\O)C[C@]2(Cc3ccccc3)c3c(cnn3C)CC[C@@H]12. The van der Waals surface area contributed by atoms with Crippen LogP contribution in [0, 0.1) is 11.8 Å². The first-order chi connectivity index (χ1) is 12.1. The average molecular weight is 336 g/mol. The lowest BCUT2D eigenvalue weighted by Gasteiger charge is -2.50. The lowest BCUT2D eigenvalue weighted by atomic mass is 9.53. The van der Waals surface area contributed by atoms with Gasteiger partial charge in [-0.05, 0) is 42.7 Å². The van der Waals surface area contributed by atoms with Gasteiger partial charge in [-0.25, -0.2) is 0 Å². The maximum absolute atomic E-state index is 12.7. The number of hydrogen-bond donors (Lipinski definition) is 1. The molecular formula is C21H24N2O2. The minimum atomic E-state index is -0.192. The summed E-state index contributed by atoms with van der Waals surface area (Å²) in [5.74, 6) is 0.285. The Morgan fingerprint density at radius 3 is 2.84 bits per heavy atom. The molecule has 0 radical (unpaired) electrons. The van der Waals surface area contributed by atoms with Gasteiger partial charge in [0.1, 0.15) is 0 Å². The van der Waals surface area contributed by atoms with Crippen LogP contribution in [-0.4, -0.2) is 20.7 Å². The number of Topliss-reactive ketones (excluding diaryl/α,β-unsaturated/α-hetero) is 1. The van der Waals surface area contributed by atoms with Crippen LogP contribution in [-0.2, 0) is 30.1 Å². The average Bonchev–Trinajstić information content (AvgIpc) is 3.01. The zero-order chi connectivity index (χ0) is 17.6. The Balaban J connectivity index is 1.91. The molecule has 4 rings (SSSR count). The van der Waals surface area contributed by atoms with Crippen molar-refractivity contribution >= 4 is 5.78 Å². The minimum Gasteiger partial charge on any atom is -0.515 e. The molecule has 1 saturated carbocycles. The summed E-state index contributed by atoms with van der Waals surface area (Å²) in [6.07, 6.45) is 6.42. The summed E-state index contributed by atoms with van der Waals surface area (Å²) in [6, 6.07) is 10.5. The lowest BCUT2D eigenvalue weighted by molar-refractivity contribution is -0.124. The minimum absolute atomic E-state index is 0.0843. The van der Waals surface area contributed by atoms with E-state index < -0.39 is 0 Å². The van der Waals surface area contributed by atoms with Crippen molar-refractivity contribution in [3.63, 3.8) is 0 Å². The highest BCUT2D eigenvalue weighted by Crippen LogP contribution is 2.54. The van der Waals surface area contributed by atoms with E-state index in [-0.39, 0.29) is 23.0 Å². The molecule has 2 aliphatic rings. The van der Waals surface area contributed by atoms with Crippen LogP contribution in [0.2, 0.25) is 0 Å². The lowest BCUT2D eigenvalue weighted by Crippen LogP contribution is -2.51. The molecule has 2 aliphatic carbocycles. The van der Waals surface area contributed by atoms with E-state index in [2.05, 4.69) is 29.4 Å². The molecule has 1 aromatic heterocycles. The highest BCUT2D eigenvalue weighted by atomic mass is 16.2. The number of carbonyl (C=O) groups is 1. The first kappa shape index (κ1) is 16.1. The Bertz CT molecular complexity index is 837. The maximum atomic E-state index is 12.7. The third-order valence-corrected chi connectivity index (χ3v) is 6.28. The van der Waals surface area contributed by atoms with Gasteiger partial charge in [-0.1, -0.05) is 37.3 Å². The first-order valence-corrected chi connectivity index (χ1v) is 8.99. The Hall–Kier alpha value is -2.36.